The lowest BCUT2D eigenvalue weighted by atomic mass is 10.3. The number of anilines is 2. The summed E-state index contributed by atoms with van der Waals surface area (Å²) in [6.45, 7) is 0. The van der Waals surface area contributed by atoms with Gasteiger partial charge in [0.2, 0.25) is 5.95 Å². The van der Waals surface area contributed by atoms with Crippen molar-refractivity contribution in [3.05, 3.63) is 45.9 Å². The fourth-order valence-corrected chi connectivity index (χ4v) is 3.45. The Morgan fingerprint density at radius 2 is 2.32 bits per heavy atom. The Bertz CT molecular complexity index is 669. The van der Waals surface area contributed by atoms with Gasteiger partial charge in [-0.25, -0.2) is 4.98 Å². The Labute approximate surface area is 119 Å². The molecule has 0 radical (unpaired) electrons. The molecule has 0 saturated carbocycles. The van der Waals surface area contributed by atoms with Gasteiger partial charge in [-0.3, -0.25) is 9.78 Å². The Kier molecular flexibility index (Phi) is 3.52. The smallest absolute Gasteiger partial charge is 0.256 e. The van der Waals surface area contributed by atoms with E-state index >= 15 is 0 Å². The largest absolute Gasteiger partial charge is 0.326 e. The molecule has 1 aromatic heterocycles. The van der Waals surface area contributed by atoms with E-state index in [0.29, 0.717) is 5.95 Å². The third-order valence-corrected chi connectivity index (χ3v) is 4.61. The highest BCUT2D eigenvalue weighted by Gasteiger charge is 2.17. The molecule has 2 aromatic rings. The first-order valence-electron chi connectivity index (χ1n) is 5.87. The van der Waals surface area contributed by atoms with E-state index in [4.69, 9.17) is 0 Å². The second-order valence-electron chi connectivity index (χ2n) is 4.19. The lowest BCUT2D eigenvalue weighted by Crippen LogP contribution is -2.16. The van der Waals surface area contributed by atoms with Crippen LogP contribution in [0.25, 0.3) is 0 Å². The minimum absolute atomic E-state index is 0.0291. The Morgan fingerprint density at radius 1 is 1.42 bits per heavy atom. The normalized spacial score (nSPS) is 13.3. The standard InChI is InChI=1S/C13H13N3OS2/c1-18-9-4-2-3-8(5-9)14-13-15-11-7-19-6-10(11)12(17)16-13/h2-5H,6-7H2,1H3,(H2,14,15,16,17). The number of aromatic amines is 1. The second kappa shape index (κ2) is 5.30. The summed E-state index contributed by atoms with van der Waals surface area (Å²) < 4.78 is 0. The van der Waals surface area contributed by atoms with E-state index in [-0.39, 0.29) is 5.56 Å². The van der Waals surface area contributed by atoms with E-state index in [0.717, 1.165) is 28.5 Å². The summed E-state index contributed by atoms with van der Waals surface area (Å²) in [6.07, 6.45) is 2.03. The van der Waals surface area contributed by atoms with E-state index in [2.05, 4.69) is 15.3 Å². The van der Waals surface area contributed by atoms with Gasteiger partial charge in [-0.05, 0) is 24.5 Å². The topological polar surface area (TPSA) is 57.8 Å². The molecule has 6 heteroatoms. The first kappa shape index (κ1) is 12.6. The van der Waals surface area contributed by atoms with E-state index in [9.17, 15) is 4.79 Å². The molecule has 0 aliphatic carbocycles. The van der Waals surface area contributed by atoms with Crippen LogP contribution < -0.4 is 10.9 Å². The van der Waals surface area contributed by atoms with Gasteiger partial charge in [-0.2, -0.15) is 11.8 Å². The van der Waals surface area contributed by atoms with Crippen LogP contribution in [0.1, 0.15) is 11.3 Å². The van der Waals surface area contributed by atoms with Crippen molar-refractivity contribution in [1.82, 2.24) is 9.97 Å². The molecular formula is C13H13N3OS2. The lowest BCUT2D eigenvalue weighted by Gasteiger charge is -2.07. The van der Waals surface area contributed by atoms with Crippen molar-refractivity contribution < 1.29 is 0 Å². The number of benzene rings is 1. The minimum atomic E-state index is -0.0291. The number of thioether (sulfide) groups is 2. The maximum Gasteiger partial charge on any atom is 0.256 e. The number of hydrogen-bond acceptors (Lipinski definition) is 5. The highest BCUT2D eigenvalue weighted by Crippen LogP contribution is 2.26. The fraction of sp³-hybridized carbons (Fsp3) is 0.231. The molecule has 0 amide bonds. The Balaban J connectivity index is 1.91. The maximum atomic E-state index is 11.9. The summed E-state index contributed by atoms with van der Waals surface area (Å²) in [5.74, 6) is 2.10. The molecule has 0 atom stereocenters. The van der Waals surface area contributed by atoms with Gasteiger partial charge >= 0.3 is 0 Å². The molecule has 4 nitrogen and oxygen atoms in total. The molecule has 0 unspecified atom stereocenters. The zero-order chi connectivity index (χ0) is 13.2. The van der Waals surface area contributed by atoms with Crippen molar-refractivity contribution in [3.63, 3.8) is 0 Å². The molecule has 0 saturated heterocycles. The zero-order valence-electron chi connectivity index (χ0n) is 10.4. The van der Waals surface area contributed by atoms with E-state index < -0.39 is 0 Å². The summed E-state index contributed by atoms with van der Waals surface area (Å²) in [5, 5.41) is 3.16. The number of aromatic nitrogens is 2. The predicted molar refractivity (Wildman–Crippen MR) is 81.4 cm³/mol. The molecule has 2 N–H and O–H groups in total. The number of H-pyrrole nitrogens is 1. The number of nitrogens with one attached hydrogen (secondary N) is 2. The van der Waals surface area contributed by atoms with Crippen molar-refractivity contribution >= 4 is 35.2 Å². The predicted octanol–water partition coefficient (Wildman–Crippen LogP) is 2.98. The van der Waals surface area contributed by atoms with Crippen LogP contribution in [0, 0.1) is 0 Å². The third-order valence-electron chi connectivity index (χ3n) is 2.92. The molecule has 1 aromatic carbocycles. The van der Waals surface area contributed by atoms with Gasteiger partial charge in [0.05, 0.1) is 5.69 Å². The number of hydrogen-bond donors (Lipinski definition) is 2. The van der Waals surface area contributed by atoms with E-state index in [1.807, 2.05) is 30.5 Å². The number of fused-ring (bicyclic) bond motifs is 1. The summed E-state index contributed by atoms with van der Waals surface area (Å²) in [5.41, 5.74) is 2.62. The van der Waals surface area contributed by atoms with Crippen LogP contribution in [-0.2, 0) is 11.5 Å². The Hall–Kier alpha value is -1.40. The first-order valence-corrected chi connectivity index (χ1v) is 8.25. The molecule has 0 fully saturated rings. The van der Waals surface area contributed by atoms with Crippen molar-refractivity contribution in [3.8, 4) is 0 Å². The average Bonchev–Trinajstić information content (AvgIpc) is 2.88. The van der Waals surface area contributed by atoms with Crippen molar-refractivity contribution in [1.29, 1.82) is 0 Å². The fourth-order valence-electron chi connectivity index (χ4n) is 1.96. The molecule has 1 aliphatic rings. The summed E-state index contributed by atoms with van der Waals surface area (Å²) in [4.78, 5) is 20.3. The molecular weight excluding hydrogens is 278 g/mol. The van der Waals surface area contributed by atoms with Gasteiger partial charge < -0.3 is 5.32 Å². The molecule has 19 heavy (non-hydrogen) atoms. The molecule has 98 valence electrons. The van der Waals surface area contributed by atoms with Crippen LogP contribution in [0.3, 0.4) is 0 Å². The van der Waals surface area contributed by atoms with Gasteiger partial charge in [0.25, 0.3) is 5.56 Å². The van der Waals surface area contributed by atoms with Crippen LogP contribution in [-0.4, -0.2) is 16.2 Å². The summed E-state index contributed by atoms with van der Waals surface area (Å²) in [6, 6.07) is 8.02. The lowest BCUT2D eigenvalue weighted by molar-refractivity contribution is 1.03. The average molecular weight is 291 g/mol. The first-order chi connectivity index (χ1) is 9.26. The zero-order valence-corrected chi connectivity index (χ0v) is 12.0. The van der Waals surface area contributed by atoms with Crippen LogP contribution in [0.15, 0.2) is 34.0 Å². The van der Waals surface area contributed by atoms with Gasteiger partial charge in [-0.1, -0.05) is 6.07 Å². The van der Waals surface area contributed by atoms with Gasteiger partial charge in [-0.15, -0.1) is 11.8 Å². The highest BCUT2D eigenvalue weighted by atomic mass is 32.2. The van der Waals surface area contributed by atoms with E-state index in [1.165, 1.54) is 4.90 Å². The third kappa shape index (κ3) is 2.64. The Morgan fingerprint density at radius 3 is 3.16 bits per heavy atom. The minimum Gasteiger partial charge on any atom is -0.326 e. The van der Waals surface area contributed by atoms with Crippen LogP contribution in [0.4, 0.5) is 11.6 Å². The maximum absolute atomic E-state index is 11.9. The number of rotatable bonds is 3. The monoisotopic (exact) mass is 291 g/mol. The van der Waals surface area contributed by atoms with Gasteiger partial charge in [0, 0.05) is 27.7 Å². The molecule has 1 aliphatic heterocycles. The van der Waals surface area contributed by atoms with Gasteiger partial charge in [0.1, 0.15) is 0 Å². The highest BCUT2D eigenvalue weighted by molar-refractivity contribution is 7.98. The quantitative estimate of drug-likeness (QED) is 0.851. The molecule has 0 bridgehead atoms. The van der Waals surface area contributed by atoms with Crippen LogP contribution in [0.5, 0.6) is 0 Å². The van der Waals surface area contributed by atoms with E-state index in [1.54, 1.807) is 23.5 Å². The summed E-state index contributed by atoms with van der Waals surface area (Å²) >= 11 is 3.41. The van der Waals surface area contributed by atoms with Crippen molar-refractivity contribution in [2.45, 2.75) is 16.4 Å². The van der Waals surface area contributed by atoms with Crippen LogP contribution >= 0.6 is 23.5 Å². The van der Waals surface area contributed by atoms with Crippen LogP contribution in [0.2, 0.25) is 0 Å². The molecule has 2 heterocycles. The second-order valence-corrected chi connectivity index (χ2v) is 6.05. The molecule has 3 rings (SSSR count). The molecule has 0 spiro atoms. The van der Waals surface area contributed by atoms with Crippen molar-refractivity contribution in [2.75, 3.05) is 11.6 Å². The van der Waals surface area contributed by atoms with Crippen molar-refractivity contribution in [2.24, 2.45) is 0 Å². The SMILES string of the molecule is CSc1cccc(Nc2nc3c(c(=O)[nH]2)CSC3)c1. The number of nitrogens with zero attached hydrogens (tertiary/aromatic N) is 1. The summed E-state index contributed by atoms with van der Waals surface area (Å²) in [7, 11) is 0. The van der Waals surface area contributed by atoms with Gasteiger partial charge in [0.15, 0.2) is 0 Å².